The molecule has 0 aliphatic carbocycles. The van der Waals surface area contributed by atoms with Crippen LogP contribution in [-0.4, -0.2) is 34.7 Å². The number of hydrogen-bond donors (Lipinski definition) is 1. The molecule has 0 radical (unpaired) electrons. The quantitative estimate of drug-likeness (QED) is 0.254. The van der Waals surface area contributed by atoms with Crippen molar-refractivity contribution < 1.29 is 13.2 Å². The molecule has 0 spiro atoms. The maximum Gasteiger partial charge on any atom is 0.238 e. The van der Waals surface area contributed by atoms with Crippen LogP contribution in [0.3, 0.4) is 0 Å². The van der Waals surface area contributed by atoms with Crippen molar-refractivity contribution in [2.45, 2.75) is 82.7 Å². The molecule has 196 valence electrons. The van der Waals surface area contributed by atoms with Crippen molar-refractivity contribution in [3.05, 3.63) is 58.2 Å². The van der Waals surface area contributed by atoms with Gasteiger partial charge in [-0.25, -0.2) is 13.6 Å². The number of rotatable bonds is 5. The molecule has 0 saturated carbocycles. The Morgan fingerprint density at radius 2 is 1.47 bits per heavy atom. The summed E-state index contributed by atoms with van der Waals surface area (Å²) >= 11 is 3.71. The third-order valence-corrected chi connectivity index (χ3v) is 20.8. The van der Waals surface area contributed by atoms with Gasteiger partial charge in [0, 0.05) is 32.7 Å². The van der Waals surface area contributed by atoms with Crippen molar-refractivity contribution in [1.82, 2.24) is 4.23 Å². The molecule has 1 heterocycles. The van der Waals surface area contributed by atoms with Crippen LogP contribution in [0.2, 0.25) is 36.3 Å². The fourth-order valence-corrected chi connectivity index (χ4v) is 9.28. The Hall–Kier alpha value is -1.53. The second-order valence-corrected chi connectivity index (χ2v) is 25.7. The fourth-order valence-electron chi connectivity index (χ4n) is 4.01. The van der Waals surface area contributed by atoms with Crippen molar-refractivity contribution >= 4 is 64.1 Å². The van der Waals surface area contributed by atoms with Crippen LogP contribution in [0, 0.1) is 0 Å². The van der Waals surface area contributed by atoms with Crippen LogP contribution in [0.25, 0.3) is 10.9 Å². The van der Waals surface area contributed by atoms with Gasteiger partial charge in [-0.1, -0.05) is 91.1 Å². The van der Waals surface area contributed by atoms with Gasteiger partial charge in [-0.05, 0) is 44.2 Å². The van der Waals surface area contributed by atoms with E-state index < -0.39 is 26.3 Å². The normalized spacial score (nSPS) is 13.9. The smallest absolute Gasteiger partial charge is 0.238 e. The van der Waals surface area contributed by atoms with Crippen LogP contribution in [-0.2, 0) is 10.0 Å². The Labute approximate surface area is 226 Å². The summed E-state index contributed by atoms with van der Waals surface area (Å²) in [6.45, 7) is 22.3. The number of hydrogen-bond acceptors (Lipinski definition) is 3. The Kier molecular flexibility index (Phi) is 7.29. The minimum absolute atomic E-state index is 0.0124. The predicted octanol–water partition coefficient (Wildman–Crippen LogP) is 6.85. The molecular formula is C27H39BrN2O3SSi2. The van der Waals surface area contributed by atoms with Crippen molar-refractivity contribution in [3.63, 3.8) is 0 Å². The van der Waals surface area contributed by atoms with E-state index in [4.69, 9.17) is 5.14 Å². The van der Waals surface area contributed by atoms with E-state index in [-0.39, 0.29) is 20.8 Å². The molecular weight excluding hydrogens is 568 g/mol. The highest BCUT2D eigenvalue weighted by Crippen LogP contribution is 2.41. The zero-order valence-electron chi connectivity index (χ0n) is 23.1. The van der Waals surface area contributed by atoms with E-state index in [1.165, 1.54) is 6.07 Å². The highest BCUT2D eigenvalue weighted by atomic mass is 79.9. The molecule has 2 N–H and O–H groups in total. The third-order valence-electron chi connectivity index (χ3n) is 8.55. The molecule has 0 aliphatic heterocycles. The summed E-state index contributed by atoms with van der Waals surface area (Å²) < 4.78 is 28.1. The van der Waals surface area contributed by atoms with E-state index in [1.54, 1.807) is 6.07 Å². The van der Waals surface area contributed by atoms with Gasteiger partial charge in [0.2, 0.25) is 10.0 Å². The molecule has 0 bridgehead atoms. The number of nitrogens with two attached hydrogens (primary N) is 1. The zero-order chi connectivity index (χ0) is 27.6. The monoisotopic (exact) mass is 606 g/mol. The number of halogens is 1. The summed E-state index contributed by atoms with van der Waals surface area (Å²) in [5.41, 5.74) is 1.89. The average Bonchev–Trinajstić information content (AvgIpc) is 3.07. The molecule has 5 nitrogen and oxygen atoms in total. The van der Waals surface area contributed by atoms with Gasteiger partial charge in [0.05, 0.1) is 13.0 Å². The maximum atomic E-state index is 13.8. The predicted molar refractivity (Wildman–Crippen MR) is 160 cm³/mol. The lowest BCUT2D eigenvalue weighted by molar-refractivity contribution is 0.103. The number of sulfonamides is 1. The average molecular weight is 608 g/mol. The number of fused-ring (bicyclic) bond motifs is 1. The summed E-state index contributed by atoms with van der Waals surface area (Å²) in [6, 6.07) is 10.7. The van der Waals surface area contributed by atoms with Crippen molar-refractivity contribution in [2.24, 2.45) is 5.14 Å². The van der Waals surface area contributed by atoms with E-state index in [2.05, 4.69) is 94.1 Å². The fraction of sp³-hybridized carbons (Fsp3) is 0.444. The highest BCUT2D eigenvalue weighted by molar-refractivity contribution is 9.10. The van der Waals surface area contributed by atoms with E-state index in [9.17, 15) is 13.2 Å². The Balaban J connectivity index is 2.25. The Morgan fingerprint density at radius 1 is 0.889 bits per heavy atom. The highest BCUT2D eigenvalue weighted by Gasteiger charge is 2.39. The first kappa shape index (κ1) is 29.0. The minimum atomic E-state index is -3.98. The lowest BCUT2D eigenvalue weighted by Gasteiger charge is -2.38. The number of nitrogens with zero attached hydrogens (tertiary/aromatic N) is 1. The minimum Gasteiger partial charge on any atom is -0.373 e. The Morgan fingerprint density at radius 3 is 1.97 bits per heavy atom. The van der Waals surface area contributed by atoms with Gasteiger partial charge >= 0.3 is 0 Å². The first-order valence-electron chi connectivity index (χ1n) is 12.1. The zero-order valence-corrected chi connectivity index (χ0v) is 27.5. The van der Waals surface area contributed by atoms with E-state index in [1.807, 2.05) is 24.3 Å². The van der Waals surface area contributed by atoms with Gasteiger partial charge in [-0.3, -0.25) is 4.79 Å². The maximum absolute atomic E-state index is 13.8. The largest absolute Gasteiger partial charge is 0.373 e. The summed E-state index contributed by atoms with van der Waals surface area (Å²) in [6.07, 6.45) is 2.13. The topological polar surface area (TPSA) is 82.2 Å². The Bertz CT molecular complexity index is 1460. The van der Waals surface area contributed by atoms with E-state index in [0.29, 0.717) is 11.1 Å². The van der Waals surface area contributed by atoms with E-state index >= 15 is 0 Å². The van der Waals surface area contributed by atoms with Crippen molar-refractivity contribution in [3.8, 4) is 0 Å². The summed E-state index contributed by atoms with van der Waals surface area (Å²) in [4.78, 5) is 13.8. The number of primary sulfonamides is 1. The lowest BCUT2D eigenvalue weighted by atomic mass is 10.0. The third kappa shape index (κ3) is 5.09. The van der Waals surface area contributed by atoms with Crippen LogP contribution in [0.5, 0.6) is 0 Å². The molecule has 0 amide bonds. The molecule has 1 aromatic heterocycles. The molecule has 3 rings (SSSR count). The number of ketones is 1. The molecule has 0 saturated heterocycles. The van der Waals surface area contributed by atoms with Crippen LogP contribution < -0.4 is 10.3 Å². The second-order valence-electron chi connectivity index (χ2n) is 12.9. The van der Waals surface area contributed by atoms with Gasteiger partial charge in [0.25, 0.3) is 0 Å². The summed E-state index contributed by atoms with van der Waals surface area (Å²) in [5, 5.41) is 7.55. The van der Waals surface area contributed by atoms with E-state index in [0.717, 1.165) is 20.6 Å². The van der Waals surface area contributed by atoms with Gasteiger partial charge in [0.15, 0.2) is 14.0 Å². The first-order valence-corrected chi connectivity index (χ1v) is 20.4. The van der Waals surface area contributed by atoms with Gasteiger partial charge in [-0.15, -0.1) is 0 Å². The SMILES string of the molecule is CC(C)(C)[Si](C)(C)c1cc(C(=O)c2ccc3c(Br)cn([Si](C)(C)C(C)(C)C)c3c2)cc(S(N)(=O)=O)c1. The van der Waals surface area contributed by atoms with Gasteiger partial charge in [-0.2, -0.15) is 0 Å². The van der Waals surface area contributed by atoms with Crippen molar-refractivity contribution in [2.75, 3.05) is 0 Å². The molecule has 9 heteroatoms. The van der Waals surface area contributed by atoms with Crippen LogP contribution >= 0.6 is 15.9 Å². The molecule has 0 aliphatic rings. The second kappa shape index (κ2) is 9.04. The molecule has 0 fully saturated rings. The number of carbonyl (C=O) groups is 1. The van der Waals surface area contributed by atoms with Crippen LogP contribution in [0.1, 0.15) is 57.5 Å². The van der Waals surface area contributed by atoms with Crippen LogP contribution in [0.15, 0.2) is 52.0 Å². The molecule has 0 unspecified atom stereocenters. The lowest BCUT2D eigenvalue weighted by Crippen LogP contribution is -2.50. The first-order chi connectivity index (χ1) is 16.1. The number of aromatic nitrogens is 1. The van der Waals surface area contributed by atoms with Gasteiger partial charge < -0.3 is 4.23 Å². The number of benzene rings is 2. The molecule has 2 aromatic carbocycles. The summed E-state index contributed by atoms with van der Waals surface area (Å²) in [5.74, 6) is -0.207. The van der Waals surface area contributed by atoms with Crippen molar-refractivity contribution in [1.29, 1.82) is 0 Å². The van der Waals surface area contributed by atoms with Crippen LogP contribution in [0.4, 0.5) is 0 Å². The molecule has 36 heavy (non-hydrogen) atoms. The molecule has 0 atom stereocenters. The van der Waals surface area contributed by atoms with Gasteiger partial charge in [0.1, 0.15) is 0 Å². The summed E-state index contributed by atoms with van der Waals surface area (Å²) in [7, 11) is -8.08. The standard InChI is InChI=1S/C27H39BrN2O3SSi2/c1-26(2,3)35(7,8)21-14-19(13-20(16-21)34(29,32)33)25(31)18-11-12-22-23(28)17-30(24(22)15-18)36(9,10)27(4,5)6/h11-17H,1-10H3,(H2,29,32,33). The number of carbonyl (C=O) groups excluding carboxylic acids is 1. The molecule has 3 aromatic rings.